The van der Waals surface area contributed by atoms with E-state index in [-0.39, 0.29) is 24.1 Å². The Kier molecular flexibility index (Phi) is 4.61. The van der Waals surface area contributed by atoms with Crippen LogP contribution in [0, 0.1) is 11.6 Å². The summed E-state index contributed by atoms with van der Waals surface area (Å²) in [6.07, 6.45) is 7.74. The smallest absolute Gasteiger partial charge is 0.174 e. The maximum absolute atomic E-state index is 15.3. The van der Waals surface area contributed by atoms with Crippen LogP contribution in [0.2, 0.25) is 0 Å². The van der Waals surface area contributed by atoms with Gasteiger partial charge in [-0.15, -0.1) is 0 Å². The van der Waals surface area contributed by atoms with Gasteiger partial charge in [-0.25, -0.2) is 8.78 Å². The van der Waals surface area contributed by atoms with E-state index in [9.17, 15) is 4.39 Å². The van der Waals surface area contributed by atoms with Crippen LogP contribution in [0.3, 0.4) is 0 Å². The molecular weight excluding hydrogens is 334 g/mol. The molecule has 1 aliphatic carbocycles. The highest BCUT2D eigenvalue weighted by atomic mass is 19.1. The first-order valence-corrected chi connectivity index (χ1v) is 8.69. The van der Waals surface area contributed by atoms with Gasteiger partial charge in [-0.2, -0.15) is 0 Å². The van der Waals surface area contributed by atoms with Crippen LogP contribution < -0.4 is 4.74 Å². The Morgan fingerprint density at radius 1 is 1.04 bits per heavy atom. The average Bonchev–Trinajstić information content (AvgIpc) is 2.62. The van der Waals surface area contributed by atoms with Gasteiger partial charge < -0.3 is 4.74 Å². The third kappa shape index (κ3) is 3.17. The van der Waals surface area contributed by atoms with Gasteiger partial charge in [0.15, 0.2) is 11.6 Å². The van der Waals surface area contributed by atoms with Gasteiger partial charge in [0.25, 0.3) is 0 Å². The molecule has 0 radical (unpaired) electrons. The molecule has 0 spiro atoms. The van der Waals surface area contributed by atoms with E-state index in [4.69, 9.17) is 4.74 Å². The molecule has 5 heteroatoms. The second-order valence-corrected chi connectivity index (χ2v) is 6.44. The third-order valence-electron chi connectivity index (χ3n) is 4.84. The number of hydrogen-bond acceptors (Lipinski definition) is 3. The van der Waals surface area contributed by atoms with Gasteiger partial charge in [0.05, 0.1) is 11.9 Å². The van der Waals surface area contributed by atoms with Gasteiger partial charge in [0.2, 0.25) is 0 Å². The van der Waals surface area contributed by atoms with Crippen molar-refractivity contribution < 1.29 is 13.5 Å². The normalized spacial score (nSPS) is 14.1. The van der Waals surface area contributed by atoms with Gasteiger partial charge in [-0.1, -0.05) is 30.7 Å². The van der Waals surface area contributed by atoms with E-state index in [1.54, 1.807) is 30.5 Å². The van der Waals surface area contributed by atoms with Crippen LogP contribution in [-0.2, 0) is 6.61 Å². The Bertz CT molecular complexity index is 911. The summed E-state index contributed by atoms with van der Waals surface area (Å²) in [5.41, 5.74) is 2.03. The second-order valence-electron chi connectivity index (χ2n) is 6.44. The summed E-state index contributed by atoms with van der Waals surface area (Å²) in [4.78, 5) is 8.18. The largest absolute Gasteiger partial charge is 0.485 e. The van der Waals surface area contributed by atoms with Crippen molar-refractivity contribution in [1.82, 2.24) is 9.97 Å². The molecule has 26 heavy (non-hydrogen) atoms. The van der Waals surface area contributed by atoms with Crippen LogP contribution in [0.15, 0.2) is 55.0 Å². The lowest BCUT2D eigenvalue weighted by Crippen LogP contribution is -2.12. The number of halogens is 2. The summed E-state index contributed by atoms with van der Waals surface area (Å²) in [5.74, 6) is -0.341. The van der Waals surface area contributed by atoms with Crippen molar-refractivity contribution in [2.45, 2.75) is 31.8 Å². The Labute approximate surface area is 150 Å². The zero-order valence-corrected chi connectivity index (χ0v) is 14.2. The van der Waals surface area contributed by atoms with Gasteiger partial charge in [0, 0.05) is 29.1 Å². The van der Waals surface area contributed by atoms with Gasteiger partial charge >= 0.3 is 0 Å². The maximum atomic E-state index is 15.3. The van der Waals surface area contributed by atoms with Crippen molar-refractivity contribution in [1.29, 1.82) is 0 Å². The topological polar surface area (TPSA) is 35.0 Å². The van der Waals surface area contributed by atoms with Crippen LogP contribution >= 0.6 is 0 Å². The van der Waals surface area contributed by atoms with Crippen molar-refractivity contribution in [3.63, 3.8) is 0 Å². The zero-order valence-electron chi connectivity index (χ0n) is 14.2. The van der Waals surface area contributed by atoms with Crippen molar-refractivity contribution >= 4 is 0 Å². The molecule has 0 saturated heterocycles. The molecule has 0 N–H and O–H groups in total. The summed E-state index contributed by atoms with van der Waals surface area (Å²) in [7, 11) is 0. The lowest BCUT2D eigenvalue weighted by atomic mass is 9.79. The molecule has 3 aromatic rings. The van der Waals surface area contributed by atoms with E-state index in [0.717, 1.165) is 24.8 Å². The molecule has 1 aromatic heterocycles. The van der Waals surface area contributed by atoms with Crippen molar-refractivity contribution in [3.8, 4) is 17.0 Å². The molecule has 1 aliphatic rings. The van der Waals surface area contributed by atoms with Crippen molar-refractivity contribution in [2.75, 3.05) is 0 Å². The SMILES string of the molecule is Fc1ccccc1COc1c(C2CCC2)ccc(-c2cnccn2)c1F. The van der Waals surface area contributed by atoms with E-state index in [1.807, 2.05) is 6.07 Å². The van der Waals surface area contributed by atoms with Gasteiger partial charge in [-0.3, -0.25) is 9.97 Å². The fraction of sp³-hybridized carbons (Fsp3) is 0.238. The van der Waals surface area contributed by atoms with Crippen LogP contribution in [0.5, 0.6) is 5.75 Å². The summed E-state index contributed by atoms with van der Waals surface area (Å²) < 4.78 is 34.9. The minimum atomic E-state index is -0.466. The van der Waals surface area contributed by atoms with Crippen molar-refractivity contribution in [2.24, 2.45) is 0 Å². The molecule has 0 amide bonds. The molecule has 2 aromatic carbocycles. The molecule has 0 unspecified atom stereocenters. The predicted molar refractivity (Wildman–Crippen MR) is 94.8 cm³/mol. The number of aromatic nitrogens is 2. The van der Waals surface area contributed by atoms with Crippen LogP contribution in [0.1, 0.15) is 36.3 Å². The molecule has 3 nitrogen and oxygen atoms in total. The first-order valence-electron chi connectivity index (χ1n) is 8.69. The third-order valence-corrected chi connectivity index (χ3v) is 4.84. The molecule has 1 fully saturated rings. The lowest BCUT2D eigenvalue weighted by Gasteiger charge is -2.28. The molecule has 4 rings (SSSR count). The number of ether oxygens (including phenoxy) is 1. The first kappa shape index (κ1) is 16.6. The minimum absolute atomic E-state index is 0.0206. The Morgan fingerprint density at radius 2 is 1.88 bits per heavy atom. The summed E-state index contributed by atoms with van der Waals surface area (Å²) in [5, 5.41) is 0. The number of benzene rings is 2. The number of hydrogen-bond donors (Lipinski definition) is 0. The first-order chi connectivity index (χ1) is 12.7. The lowest BCUT2D eigenvalue weighted by molar-refractivity contribution is 0.274. The second kappa shape index (κ2) is 7.20. The maximum Gasteiger partial charge on any atom is 0.174 e. The molecular formula is C21H18F2N2O. The quantitative estimate of drug-likeness (QED) is 0.627. The Morgan fingerprint density at radius 3 is 2.58 bits per heavy atom. The summed E-state index contributed by atoms with van der Waals surface area (Å²) in [6, 6.07) is 9.99. The highest BCUT2D eigenvalue weighted by Gasteiger charge is 2.27. The van der Waals surface area contributed by atoms with E-state index in [0.29, 0.717) is 16.8 Å². The molecule has 0 bridgehead atoms. The van der Waals surface area contributed by atoms with Gasteiger partial charge in [-0.05, 0) is 30.9 Å². The zero-order chi connectivity index (χ0) is 17.9. The van der Waals surface area contributed by atoms with E-state index >= 15 is 4.39 Å². The number of rotatable bonds is 5. The molecule has 0 atom stereocenters. The number of nitrogens with zero attached hydrogens (tertiary/aromatic N) is 2. The van der Waals surface area contributed by atoms with Crippen LogP contribution in [-0.4, -0.2) is 9.97 Å². The summed E-state index contributed by atoms with van der Waals surface area (Å²) >= 11 is 0. The van der Waals surface area contributed by atoms with E-state index in [2.05, 4.69) is 9.97 Å². The highest BCUT2D eigenvalue weighted by Crippen LogP contribution is 2.43. The molecule has 132 valence electrons. The fourth-order valence-corrected chi connectivity index (χ4v) is 3.16. The van der Waals surface area contributed by atoms with E-state index < -0.39 is 5.82 Å². The molecule has 0 aliphatic heterocycles. The minimum Gasteiger partial charge on any atom is -0.485 e. The Balaban J connectivity index is 1.71. The monoisotopic (exact) mass is 352 g/mol. The Hall–Kier alpha value is -2.82. The van der Waals surface area contributed by atoms with E-state index in [1.165, 1.54) is 18.5 Å². The van der Waals surface area contributed by atoms with Gasteiger partial charge in [0.1, 0.15) is 12.4 Å². The van der Waals surface area contributed by atoms with Crippen molar-refractivity contribution in [3.05, 3.63) is 77.8 Å². The predicted octanol–water partition coefficient (Wildman–Crippen LogP) is 5.27. The van der Waals surface area contributed by atoms with Crippen LogP contribution in [0.4, 0.5) is 8.78 Å². The average molecular weight is 352 g/mol. The highest BCUT2D eigenvalue weighted by molar-refractivity contribution is 5.63. The fourth-order valence-electron chi connectivity index (χ4n) is 3.16. The summed E-state index contributed by atoms with van der Waals surface area (Å²) in [6.45, 7) is -0.0206. The molecule has 1 heterocycles. The molecule has 1 saturated carbocycles. The van der Waals surface area contributed by atoms with Crippen LogP contribution in [0.25, 0.3) is 11.3 Å². The standard InChI is InChI=1S/C21H18F2N2O/c22-18-7-2-1-4-15(18)13-26-21-16(14-5-3-6-14)8-9-17(20(21)23)19-12-24-10-11-25-19/h1-2,4,7-12,14H,3,5-6,13H2.